The van der Waals surface area contributed by atoms with Crippen molar-refractivity contribution in [3.63, 3.8) is 0 Å². The molecule has 0 spiro atoms. The molecule has 1 fully saturated rings. The third-order valence-electron chi connectivity index (χ3n) is 6.43. The van der Waals surface area contributed by atoms with Gasteiger partial charge in [0, 0.05) is 48.1 Å². The number of nitrogens with zero attached hydrogens (tertiary/aromatic N) is 4. The second-order valence-corrected chi connectivity index (χ2v) is 9.77. The number of amides is 1. The van der Waals surface area contributed by atoms with Crippen molar-refractivity contribution in [3.8, 4) is 0 Å². The normalized spacial score (nSPS) is 22.7. The molecule has 0 aromatic carbocycles. The van der Waals surface area contributed by atoms with Crippen LogP contribution in [0.25, 0.3) is 10.2 Å². The Morgan fingerprint density at radius 3 is 2.88 bits per heavy atom. The second-order valence-electron chi connectivity index (χ2n) is 8.77. The summed E-state index contributed by atoms with van der Waals surface area (Å²) in [5.74, 6) is -0.636. The average molecular weight is 474 g/mol. The molecule has 1 amide bonds. The maximum absolute atomic E-state index is 13.1. The summed E-state index contributed by atoms with van der Waals surface area (Å²) in [6.07, 6.45) is 1.26. The number of aryl methyl sites for hydroxylation is 2. The van der Waals surface area contributed by atoms with Gasteiger partial charge in [0.2, 0.25) is 12.4 Å². The number of hydrogen-bond acceptors (Lipinski definition) is 8. The third kappa shape index (κ3) is 4.10. The summed E-state index contributed by atoms with van der Waals surface area (Å²) >= 11 is 1.30. The van der Waals surface area contributed by atoms with E-state index in [0.717, 1.165) is 33.6 Å². The van der Waals surface area contributed by atoms with Crippen LogP contribution in [0.3, 0.4) is 0 Å². The Morgan fingerprint density at radius 1 is 1.30 bits per heavy atom. The molecule has 0 unspecified atom stereocenters. The van der Waals surface area contributed by atoms with E-state index in [1.165, 1.54) is 11.3 Å². The number of hydrogen-bond donors (Lipinski definition) is 3. The highest BCUT2D eigenvalue weighted by Crippen LogP contribution is 2.33. The molecule has 2 aliphatic rings. The Bertz CT molecular complexity index is 1220. The Labute approximate surface area is 193 Å². The summed E-state index contributed by atoms with van der Waals surface area (Å²) in [7, 11) is 0. The molecule has 0 radical (unpaired) electrons. The number of halogens is 2. The number of anilines is 2. The number of aromatic nitrogens is 3. The number of rotatable bonds is 4. The SMILES string of the molecule is Cc1ccc2c(N)c(C(=O)N[C@@H]3CCc4nc(N5C[C@@H](N)[C@H](C(F)F)C5)ncc4C3)sc2n1. The minimum absolute atomic E-state index is 0.0674. The van der Waals surface area contributed by atoms with Gasteiger partial charge in [-0.15, -0.1) is 11.3 Å². The molecule has 1 aliphatic carbocycles. The van der Waals surface area contributed by atoms with Crippen molar-refractivity contribution in [3.05, 3.63) is 40.2 Å². The van der Waals surface area contributed by atoms with Gasteiger partial charge in [-0.1, -0.05) is 0 Å². The number of thiophene rings is 1. The second kappa shape index (κ2) is 8.45. The Balaban J connectivity index is 1.27. The first-order valence-electron chi connectivity index (χ1n) is 10.9. The molecule has 11 heteroatoms. The van der Waals surface area contributed by atoms with Crippen molar-refractivity contribution in [1.29, 1.82) is 0 Å². The van der Waals surface area contributed by atoms with Crippen molar-refractivity contribution < 1.29 is 13.6 Å². The standard InChI is InChI=1S/C22H25F2N7OS/c1-10-2-4-13-17(26)18(33-21(13)28-10)20(32)29-12-3-5-16-11(6-12)7-27-22(30-16)31-8-14(19(23)24)15(25)9-31/h2,4,7,12,14-15,19H,3,5-6,8-9,25-26H2,1H3,(H,29,32)/t12-,14-,15-/m1/s1. The van der Waals surface area contributed by atoms with Crippen LogP contribution in [0, 0.1) is 12.8 Å². The highest BCUT2D eigenvalue weighted by Gasteiger charge is 2.37. The minimum Gasteiger partial charge on any atom is -0.397 e. The van der Waals surface area contributed by atoms with Gasteiger partial charge < -0.3 is 21.7 Å². The van der Waals surface area contributed by atoms with Crippen molar-refractivity contribution in [2.24, 2.45) is 11.7 Å². The van der Waals surface area contributed by atoms with E-state index >= 15 is 0 Å². The molecule has 33 heavy (non-hydrogen) atoms. The third-order valence-corrected chi connectivity index (χ3v) is 7.54. The van der Waals surface area contributed by atoms with Gasteiger partial charge in [0.1, 0.15) is 9.71 Å². The van der Waals surface area contributed by atoms with Crippen molar-refractivity contribution in [1.82, 2.24) is 20.3 Å². The molecule has 174 valence electrons. The monoisotopic (exact) mass is 473 g/mol. The number of carbonyl (C=O) groups excluding carboxylic acids is 1. The number of nitrogens with one attached hydrogen (secondary N) is 1. The van der Waals surface area contributed by atoms with Crippen molar-refractivity contribution >= 4 is 39.1 Å². The van der Waals surface area contributed by atoms with Gasteiger partial charge in [-0.2, -0.15) is 0 Å². The summed E-state index contributed by atoms with van der Waals surface area (Å²) in [4.78, 5) is 29.4. The van der Waals surface area contributed by atoms with Crippen LogP contribution < -0.4 is 21.7 Å². The molecule has 3 aromatic heterocycles. The van der Waals surface area contributed by atoms with Crippen molar-refractivity contribution in [2.75, 3.05) is 23.7 Å². The molecule has 5 rings (SSSR count). The Hall–Kier alpha value is -2.92. The molecule has 5 N–H and O–H groups in total. The summed E-state index contributed by atoms with van der Waals surface area (Å²) < 4.78 is 26.3. The van der Waals surface area contributed by atoms with E-state index in [9.17, 15) is 13.6 Å². The smallest absolute Gasteiger partial charge is 0.263 e. The molecule has 8 nitrogen and oxygen atoms in total. The van der Waals surface area contributed by atoms with Crippen LogP contribution in [-0.2, 0) is 12.8 Å². The van der Waals surface area contributed by atoms with Crippen LogP contribution in [0.5, 0.6) is 0 Å². The molecule has 0 saturated carbocycles. The Kier molecular flexibility index (Phi) is 5.61. The minimum atomic E-state index is -2.46. The van der Waals surface area contributed by atoms with Gasteiger partial charge in [-0.05, 0) is 43.9 Å². The van der Waals surface area contributed by atoms with Gasteiger partial charge in [-0.3, -0.25) is 4.79 Å². The van der Waals surface area contributed by atoms with E-state index in [4.69, 9.17) is 11.5 Å². The lowest BCUT2D eigenvalue weighted by molar-refractivity contribution is 0.0804. The molecule has 1 saturated heterocycles. The molecule has 3 atom stereocenters. The molecule has 4 heterocycles. The van der Waals surface area contributed by atoms with Crippen molar-refractivity contribution in [2.45, 2.75) is 44.7 Å². The first-order valence-corrected chi connectivity index (χ1v) is 11.7. The summed E-state index contributed by atoms with van der Waals surface area (Å²) in [6, 6.07) is 3.11. The number of nitrogens with two attached hydrogens (primary N) is 2. The van der Waals surface area contributed by atoms with Crippen LogP contribution in [0.4, 0.5) is 20.4 Å². The topological polar surface area (TPSA) is 123 Å². The number of pyridine rings is 1. The predicted molar refractivity (Wildman–Crippen MR) is 124 cm³/mol. The number of fused-ring (bicyclic) bond motifs is 2. The van der Waals surface area contributed by atoms with E-state index in [1.807, 2.05) is 19.1 Å². The molecular formula is C22H25F2N7OS. The molecular weight excluding hydrogens is 448 g/mol. The van der Waals surface area contributed by atoms with Crippen LogP contribution in [-0.4, -0.2) is 52.5 Å². The number of alkyl halides is 2. The summed E-state index contributed by atoms with van der Waals surface area (Å²) in [5, 5.41) is 3.88. The zero-order valence-corrected chi connectivity index (χ0v) is 18.9. The highest BCUT2D eigenvalue weighted by molar-refractivity contribution is 7.21. The Morgan fingerprint density at radius 2 is 2.12 bits per heavy atom. The zero-order valence-electron chi connectivity index (χ0n) is 18.1. The average Bonchev–Trinajstić information content (AvgIpc) is 3.33. The zero-order chi connectivity index (χ0) is 23.3. The first-order chi connectivity index (χ1) is 15.8. The van der Waals surface area contributed by atoms with Gasteiger partial charge in [0.15, 0.2) is 0 Å². The van der Waals surface area contributed by atoms with E-state index in [1.54, 1.807) is 11.1 Å². The summed E-state index contributed by atoms with van der Waals surface area (Å²) in [6.45, 7) is 2.37. The largest absolute Gasteiger partial charge is 0.397 e. The van der Waals surface area contributed by atoms with E-state index in [2.05, 4.69) is 20.3 Å². The predicted octanol–water partition coefficient (Wildman–Crippen LogP) is 2.29. The molecule has 3 aromatic rings. The molecule has 0 bridgehead atoms. The maximum atomic E-state index is 13.1. The van der Waals surface area contributed by atoms with Crippen LogP contribution in [0.2, 0.25) is 0 Å². The summed E-state index contributed by atoms with van der Waals surface area (Å²) in [5.41, 5.74) is 15.3. The van der Waals surface area contributed by atoms with E-state index in [-0.39, 0.29) is 18.5 Å². The fourth-order valence-corrected chi connectivity index (χ4v) is 5.61. The van der Waals surface area contributed by atoms with Gasteiger partial charge in [0.05, 0.1) is 11.6 Å². The van der Waals surface area contributed by atoms with Crippen LogP contribution >= 0.6 is 11.3 Å². The number of carbonyl (C=O) groups is 1. The highest BCUT2D eigenvalue weighted by atomic mass is 32.1. The van der Waals surface area contributed by atoms with Gasteiger partial charge >= 0.3 is 0 Å². The first kappa shape index (κ1) is 21.9. The maximum Gasteiger partial charge on any atom is 0.263 e. The lowest BCUT2D eigenvalue weighted by Gasteiger charge is -2.26. The van der Waals surface area contributed by atoms with Gasteiger partial charge in [-0.25, -0.2) is 23.7 Å². The lowest BCUT2D eigenvalue weighted by atomic mass is 9.93. The van der Waals surface area contributed by atoms with Gasteiger partial charge in [0.25, 0.3) is 5.91 Å². The quantitative estimate of drug-likeness (QED) is 0.531. The fourth-order valence-electron chi connectivity index (χ4n) is 4.57. The fraction of sp³-hybridized carbons (Fsp3) is 0.455. The molecule has 1 aliphatic heterocycles. The van der Waals surface area contributed by atoms with Crippen LogP contribution in [0.15, 0.2) is 18.3 Å². The van der Waals surface area contributed by atoms with E-state index in [0.29, 0.717) is 35.9 Å². The number of nitrogen functional groups attached to an aromatic ring is 1. The van der Waals surface area contributed by atoms with Crippen LogP contribution in [0.1, 0.15) is 33.0 Å². The lowest BCUT2D eigenvalue weighted by Crippen LogP contribution is -2.39. The van der Waals surface area contributed by atoms with E-state index < -0.39 is 18.4 Å².